The molecule has 8 nitrogen and oxygen atoms in total. The number of aliphatic hydroxyl groups is 2. The van der Waals surface area contributed by atoms with Gasteiger partial charge in [0.1, 0.15) is 18.0 Å². The predicted molar refractivity (Wildman–Crippen MR) is 126 cm³/mol. The highest BCUT2D eigenvalue weighted by atomic mass is 79.9. The van der Waals surface area contributed by atoms with Crippen molar-refractivity contribution in [2.24, 2.45) is 0 Å². The number of fused-ring (bicyclic) bond motifs is 2. The van der Waals surface area contributed by atoms with Gasteiger partial charge >= 0.3 is 6.03 Å². The van der Waals surface area contributed by atoms with Gasteiger partial charge in [-0.15, -0.1) is 0 Å². The topological polar surface area (TPSA) is 120 Å². The molecule has 1 aliphatic rings. The number of carbonyl (C=O) groups excluding carboxylic acids is 1. The van der Waals surface area contributed by atoms with Gasteiger partial charge in [-0.25, -0.2) is 9.78 Å². The molecule has 164 valence electrons. The molecule has 0 spiro atoms. The molecule has 2 amide bonds. The Morgan fingerprint density at radius 1 is 1.16 bits per heavy atom. The number of hydrogen-bond acceptors (Lipinski definition) is 5. The number of nitrogens with zero attached hydrogens (tertiary/aromatic N) is 1. The van der Waals surface area contributed by atoms with Crippen LogP contribution < -0.4 is 10.6 Å². The van der Waals surface area contributed by atoms with Crippen LogP contribution in [0.1, 0.15) is 18.3 Å². The van der Waals surface area contributed by atoms with Crippen LogP contribution in [0.25, 0.3) is 21.8 Å². The molecule has 9 heteroatoms. The molecule has 0 saturated carbocycles. The first-order valence-corrected chi connectivity index (χ1v) is 11.0. The minimum absolute atomic E-state index is 0.241. The number of aliphatic hydroxyl groups excluding tert-OH is 2. The second-order valence-electron chi connectivity index (χ2n) is 7.72. The van der Waals surface area contributed by atoms with Gasteiger partial charge in [-0.2, -0.15) is 0 Å². The van der Waals surface area contributed by atoms with Crippen LogP contribution in [0, 0.1) is 0 Å². The highest BCUT2D eigenvalue weighted by Gasteiger charge is 2.35. The summed E-state index contributed by atoms with van der Waals surface area (Å²) in [5.41, 5.74) is 2.77. The molecule has 4 aromatic rings. The minimum Gasteiger partial charge on any atom is -0.394 e. The summed E-state index contributed by atoms with van der Waals surface area (Å²) in [6.45, 7) is -0.241. The fourth-order valence-corrected chi connectivity index (χ4v) is 4.46. The molecule has 1 aliphatic heterocycles. The van der Waals surface area contributed by atoms with E-state index < -0.39 is 18.3 Å². The number of amides is 2. The Morgan fingerprint density at radius 2 is 1.97 bits per heavy atom. The van der Waals surface area contributed by atoms with Crippen molar-refractivity contribution >= 4 is 55.1 Å². The van der Waals surface area contributed by atoms with E-state index in [1.54, 1.807) is 18.2 Å². The number of rotatable bonds is 4. The van der Waals surface area contributed by atoms with Crippen molar-refractivity contribution in [2.75, 3.05) is 17.2 Å². The zero-order chi connectivity index (χ0) is 22.2. The largest absolute Gasteiger partial charge is 0.394 e. The van der Waals surface area contributed by atoms with E-state index in [9.17, 15) is 15.0 Å². The van der Waals surface area contributed by atoms with E-state index in [0.717, 1.165) is 26.3 Å². The van der Waals surface area contributed by atoms with E-state index in [-0.39, 0.29) is 12.6 Å². The van der Waals surface area contributed by atoms with E-state index in [4.69, 9.17) is 4.74 Å². The molecule has 5 N–H and O–H groups in total. The highest BCUT2D eigenvalue weighted by molar-refractivity contribution is 9.10. The Balaban J connectivity index is 1.33. The molecule has 1 aromatic heterocycles. The van der Waals surface area contributed by atoms with Crippen LogP contribution in [0.2, 0.25) is 0 Å². The van der Waals surface area contributed by atoms with Crippen molar-refractivity contribution in [1.82, 2.24) is 9.97 Å². The molecule has 0 aliphatic carbocycles. The highest BCUT2D eigenvalue weighted by Crippen LogP contribution is 2.33. The summed E-state index contributed by atoms with van der Waals surface area (Å²) in [4.78, 5) is 20.3. The first-order valence-electron chi connectivity index (χ1n) is 10.2. The second kappa shape index (κ2) is 8.51. The molecule has 0 unspecified atom stereocenters. The third-order valence-corrected chi connectivity index (χ3v) is 6.28. The fraction of sp³-hybridized carbons (Fsp3) is 0.217. The average Bonchev–Trinajstić information content (AvgIpc) is 3.38. The molecule has 3 aromatic carbocycles. The molecular formula is C23H21BrN4O4. The Kier molecular flexibility index (Phi) is 5.56. The maximum atomic E-state index is 12.6. The standard InChI is InChI=1S/C23H21BrN4O4/c24-15-6-8-16(14-4-2-1-3-13(14)15)28-23(31)25-12-5-7-17-18(9-12)27-22(26-17)20-10-19(30)21(11-29)32-20/h1-9,19-21,29-30H,10-11H2,(H,26,27)(H2,25,28,31)/t19-,20+,21+/m0/s1. The SMILES string of the molecule is O=C(Nc1ccc2nc([C@H]3C[C@H](O)[C@@H](CO)O3)[nH]c2c1)Nc1ccc(Br)c2ccccc12. The van der Waals surface area contributed by atoms with Crippen molar-refractivity contribution in [3.05, 3.63) is 64.9 Å². The van der Waals surface area contributed by atoms with Crippen LogP contribution in [0.5, 0.6) is 0 Å². The number of halogens is 1. The Labute approximate surface area is 191 Å². The van der Waals surface area contributed by atoms with Gasteiger partial charge in [-0.1, -0.05) is 40.2 Å². The van der Waals surface area contributed by atoms with Crippen LogP contribution in [0.15, 0.2) is 59.1 Å². The van der Waals surface area contributed by atoms with Crippen molar-refractivity contribution in [1.29, 1.82) is 0 Å². The minimum atomic E-state index is -0.728. The lowest BCUT2D eigenvalue weighted by Crippen LogP contribution is -2.24. The van der Waals surface area contributed by atoms with Crippen LogP contribution in [0.3, 0.4) is 0 Å². The van der Waals surface area contributed by atoms with Crippen LogP contribution >= 0.6 is 15.9 Å². The molecule has 0 radical (unpaired) electrons. The fourth-order valence-electron chi connectivity index (χ4n) is 3.98. The number of H-pyrrole nitrogens is 1. The average molecular weight is 497 g/mol. The second-order valence-corrected chi connectivity index (χ2v) is 8.58. The molecule has 1 fully saturated rings. The molecule has 2 heterocycles. The Bertz CT molecular complexity index is 1310. The monoisotopic (exact) mass is 496 g/mol. The molecule has 3 atom stereocenters. The van der Waals surface area contributed by atoms with E-state index in [1.165, 1.54) is 0 Å². The normalized spacial score (nSPS) is 20.7. The van der Waals surface area contributed by atoms with Crippen molar-refractivity contribution in [3.8, 4) is 0 Å². The zero-order valence-electron chi connectivity index (χ0n) is 16.9. The van der Waals surface area contributed by atoms with E-state index >= 15 is 0 Å². The number of carbonyl (C=O) groups is 1. The number of aromatic nitrogens is 2. The summed E-state index contributed by atoms with van der Waals surface area (Å²) in [6.07, 6.45) is -1.39. The summed E-state index contributed by atoms with van der Waals surface area (Å²) in [7, 11) is 0. The number of anilines is 2. The molecule has 5 rings (SSSR count). The van der Waals surface area contributed by atoms with Gasteiger partial charge in [0.15, 0.2) is 0 Å². The smallest absolute Gasteiger partial charge is 0.323 e. The number of benzene rings is 3. The van der Waals surface area contributed by atoms with Gasteiger partial charge in [0.25, 0.3) is 0 Å². The number of hydrogen-bond donors (Lipinski definition) is 5. The Morgan fingerprint density at radius 3 is 2.75 bits per heavy atom. The maximum absolute atomic E-state index is 12.6. The summed E-state index contributed by atoms with van der Waals surface area (Å²) < 4.78 is 6.63. The summed E-state index contributed by atoms with van der Waals surface area (Å²) in [5, 5.41) is 26.9. The van der Waals surface area contributed by atoms with Crippen LogP contribution in [0.4, 0.5) is 16.2 Å². The van der Waals surface area contributed by atoms with E-state index in [0.29, 0.717) is 23.6 Å². The number of nitrogens with one attached hydrogen (secondary N) is 3. The van der Waals surface area contributed by atoms with Gasteiger partial charge in [-0.3, -0.25) is 0 Å². The lowest BCUT2D eigenvalue weighted by Gasteiger charge is -2.11. The quantitative estimate of drug-likeness (QED) is 0.288. The molecular weight excluding hydrogens is 476 g/mol. The van der Waals surface area contributed by atoms with Gasteiger partial charge in [-0.05, 0) is 35.7 Å². The van der Waals surface area contributed by atoms with Gasteiger partial charge in [0, 0.05) is 22.0 Å². The number of aromatic amines is 1. The summed E-state index contributed by atoms with van der Waals surface area (Å²) >= 11 is 3.54. The lowest BCUT2D eigenvalue weighted by atomic mass is 10.1. The number of imidazole rings is 1. The Hall–Kier alpha value is -2.98. The molecule has 32 heavy (non-hydrogen) atoms. The van der Waals surface area contributed by atoms with Crippen molar-refractivity contribution in [2.45, 2.75) is 24.7 Å². The summed E-state index contributed by atoms with van der Waals surface area (Å²) in [5.74, 6) is 0.581. The van der Waals surface area contributed by atoms with Crippen molar-refractivity contribution < 1.29 is 19.7 Å². The third-order valence-electron chi connectivity index (χ3n) is 5.59. The third kappa shape index (κ3) is 3.95. The van der Waals surface area contributed by atoms with Gasteiger partial charge < -0.3 is 30.6 Å². The first kappa shape index (κ1) is 20.9. The summed E-state index contributed by atoms with van der Waals surface area (Å²) in [6, 6.07) is 16.6. The van der Waals surface area contributed by atoms with E-state index in [2.05, 4.69) is 36.5 Å². The zero-order valence-corrected chi connectivity index (χ0v) is 18.5. The van der Waals surface area contributed by atoms with Crippen LogP contribution in [-0.2, 0) is 4.74 Å². The predicted octanol–water partition coefficient (Wildman–Crippen LogP) is 4.31. The van der Waals surface area contributed by atoms with Gasteiger partial charge in [0.2, 0.25) is 0 Å². The first-order chi connectivity index (χ1) is 15.5. The van der Waals surface area contributed by atoms with E-state index in [1.807, 2.05) is 36.4 Å². The van der Waals surface area contributed by atoms with Crippen molar-refractivity contribution in [3.63, 3.8) is 0 Å². The maximum Gasteiger partial charge on any atom is 0.323 e. The molecule has 0 bridgehead atoms. The lowest BCUT2D eigenvalue weighted by molar-refractivity contribution is -0.0244. The number of urea groups is 1. The van der Waals surface area contributed by atoms with Gasteiger partial charge in [0.05, 0.1) is 29.4 Å². The van der Waals surface area contributed by atoms with Crippen LogP contribution in [-0.4, -0.2) is 45.0 Å². The molecule has 1 saturated heterocycles. The number of ether oxygens (including phenoxy) is 1.